The van der Waals surface area contributed by atoms with Crippen molar-refractivity contribution in [1.82, 2.24) is 0 Å². The van der Waals surface area contributed by atoms with Gasteiger partial charge in [0, 0.05) is 29.4 Å². The molecule has 0 fully saturated rings. The monoisotopic (exact) mass is 191 g/mol. The van der Waals surface area contributed by atoms with Crippen molar-refractivity contribution in [3.05, 3.63) is 0 Å². The van der Waals surface area contributed by atoms with Crippen molar-refractivity contribution >= 4 is 28.2 Å². The number of unbranched alkanes of at least 4 members (excludes halogenated alkanes) is 2. The van der Waals surface area contributed by atoms with Gasteiger partial charge in [0.05, 0.1) is 5.16 Å². The number of thiocarbonyl (C=S) groups is 1. The molecule has 0 aromatic carbocycles. The molecule has 0 unspecified atom stereocenters. The molecule has 0 aliphatic carbocycles. The standard InChI is InChI=1S/C7H13NOS2/c1-11(9)6-4-2-3-5-8-7-10/h2-6H2,1H3/t11-/m1/s1. The summed E-state index contributed by atoms with van der Waals surface area (Å²) >= 11 is 4.41. The molecule has 11 heavy (non-hydrogen) atoms. The summed E-state index contributed by atoms with van der Waals surface area (Å²) in [6.45, 7) is 0.764. The lowest BCUT2D eigenvalue weighted by molar-refractivity contribution is 0.677. The lowest BCUT2D eigenvalue weighted by Gasteiger charge is -1.94. The van der Waals surface area contributed by atoms with Gasteiger partial charge in [-0.1, -0.05) is 6.42 Å². The first-order valence-electron chi connectivity index (χ1n) is 3.61. The van der Waals surface area contributed by atoms with Gasteiger partial charge in [0.2, 0.25) is 0 Å². The van der Waals surface area contributed by atoms with E-state index in [1.807, 2.05) is 0 Å². The summed E-state index contributed by atoms with van der Waals surface area (Å²) in [6, 6.07) is 0. The molecule has 0 aliphatic rings. The summed E-state index contributed by atoms with van der Waals surface area (Å²) < 4.78 is 10.6. The first-order chi connectivity index (χ1) is 5.27. The van der Waals surface area contributed by atoms with Crippen LogP contribution in [0.5, 0.6) is 0 Å². The second-order valence-corrected chi connectivity index (χ2v) is 4.05. The summed E-state index contributed by atoms with van der Waals surface area (Å²) in [5.74, 6) is 0.807. The van der Waals surface area contributed by atoms with E-state index in [-0.39, 0.29) is 0 Å². The third kappa shape index (κ3) is 9.95. The molecule has 4 heteroatoms. The lowest BCUT2D eigenvalue weighted by Crippen LogP contribution is -1.94. The van der Waals surface area contributed by atoms with E-state index in [4.69, 9.17) is 0 Å². The maximum atomic E-state index is 10.6. The van der Waals surface area contributed by atoms with E-state index in [0.29, 0.717) is 0 Å². The Morgan fingerprint density at radius 1 is 1.45 bits per heavy atom. The molecule has 0 aliphatic heterocycles. The quantitative estimate of drug-likeness (QED) is 0.363. The number of isothiocyanates is 1. The lowest BCUT2D eigenvalue weighted by atomic mass is 10.2. The highest BCUT2D eigenvalue weighted by Gasteiger charge is 1.90. The Kier molecular flexibility index (Phi) is 8.01. The fourth-order valence-corrected chi connectivity index (χ4v) is 1.42. The largest absolute Gasteiger partial charge is 0.260 e. The molecule has 1 atom stereocenters. The van der Waals surface area contributed by atoms with Crippen molar-refractivity contribution in [3.63, 3.8) is 0 Å². The Morgan fingerprint density at radius 2 is 2.18 bits per heavy atom. The molecule has 0 aromatic heterocycles. The average Bonchev–Trinajstić information content (AvgIpc) is 1.96. The van der Waals surface area contributed by atoms with Gasteiger partial charge in [-0.15, -0.1) is 0 Å². The maximum Gasteiger partial charge on any atom is 0.0584 e. The van der Waals surface area contributed by atoms with Gasteiger partial charge in [-0.3, -0.25) is 4.21 Å². The zero-order valence-corrected chi connectivity index (χ0v) is 8.34. The topological polar surface area (TPSA) is 29.4 Å². The number of nitrogens with zero attached hydrogens (tertiary/aromatic N) is 1. The van der Waals surface area contributed by atoms with E-state index in [1.165, 1.54) is 0 Å². The minimum Gasteiger partial charge on any atom is -0.260 e. The fraction of sp³-hybridized carbons (Fsp3) is 0.857. The van der Waals surface area contributed by atoms with E-state index in [1.54, 1.807) is 6.26 Å². The molecule has 0 N–H and O–H groups in total. The third-order valence-electron chi connectivity index (χ3n) is 1.27. The smallest absolute Gasteiger partial charge is 0.0584 e. The van der Waals surface area contributed by atoms with Crippen molar-refractivity contribution in [1.29, 1.82) is 0 Å². The van der Waals surface area contributed by atoms with E-state index < -0.39 is 10.8 Å². The Labute approximate surface area is 75.6 Å². The Morgan fingerprint density at radius 3 is 2.73 bits per heavy atom. The Balaban J connectivity index is 3.02. The van der Waals surface area contributed by atoms with E-state index in [0.717, 1.165) is 31.6 Å². The second kappa shape index (κ2) is 8.05. The van der Waals surface area contributed by atoms with Crippen LogP contribution in [-0.4, -0.2) is 27.9 Å². The summed E-state index contributed by atoms with van der Waals surface area (Å²) in [5, 5.41) is 2.32. The van der Waals surface area contributed by atoms with Crippen molar-refractivity contribution in [2.45, 2.75) is 19.3 Å². The molecule has 2 nitrogen and oxygen atoms in total. The predicted octanol–water partition coefficient (Wildman–Crippen LogP) is 1.64. The molecule has 0 saturated heterocycles. The highest BCUT2D eigenvalue weighted by Crippen LogP contribution is 1.96. The zero-order valence-electron chi connectivity index (χ0n) is 6.71. The minimum atomic E-state index is -0.640. The van der Waals surface area contributed by atoms with E-state index in [9.17, 15) is 4.21 Å². The molecule has 64 valence electrons. The predicted molar refractivity (Wildman–Crippen MR) is 52.7 cm³/mol. The van der Waals surface area contributed by atoms with Crippen LogP contribution in [0.1, 0.15) is 19.3 Å². The molecule has 0 aromatic rings. The van der Waals surface area contributed by atoms with Crippen LogP contribution in [0, 0.1) is 0 Å². The third-order valence-corrected chi connectivity index (χ3v) is 2.26. The Hall–Kier alpha value is -0.0500. The van der Waals surface area contributed by atoms with Gasteiger partial charge < -0.3 is 0 Å². The minimum absolute atomic E-state index is 0.640. The van der Waals surface area contributed by atoms with Crippen LogP contribution < -0.4 is 0 Å². The molecular weight excluding hydrogens is 178 g/mol. The van der Waals surface area contributed by atoms with Crippen LogP contribution in [0.25, 0.3) is 0 Å². The van der Waals surface area contributed by atoms with Gasteiger partial charge in [-0.25, -0.2) is 4.99 Å². The normalized spacial score (nSPS) is 12.1. The van der Waals surface area contributed by atoms with Crippen molar-refractivity contribution in [2.75, 3.05) is 18.6 Å². The van der Waals surface area contributed by atoms with Crippen molar-refractivity contribution in [2.24, 2.45) is 4.99 Å². The first kappa shape index (κ1) is 11.0. The van der Waals surface area contributed by atoms with Gasteiger partial charge in [-0.05, 0) is 25.1 Å². The average molecular weight is 191 g/mol. The number of hydrogen-bond donors (Lipinski definition) is 0. The number of rotatable bonds is 6. The summed E-state index contributed by atoms with van der Waals surface area (Å²) in [4.78, 5) is 3.78. The van der Waals surface area contributed by atoms with Gasteiger partial charge >= 0.3 is 0 Å². The van der Waals surface area contributed by atoms with Crippen molar-refractivity contribution in [3.8, 4) is 0 Å². The van der Waals surface area contributed by atoms with E-state index in [2.05, 4.69) is 22.4 Å². The highest BCUT2D eigenvalue weighted by atomic mass is 32.2. The van der Waals surface area contributed by atoms with E-state index >= 15 is 0 Å². The summed E-state index contributed by atoms with van der Waals surface area (Å²) in [5.41, 5.74) is 0. The zero-order chi connectivity index (χ0) is 8.53. The molecule has 0 rings (SSSR count). The molecule has 0 amide bonds. The number of hydrogen-bond acceptors (Lipinski definition) is 3. The van der Waals surface area contributed by atoms with Crippen LogP contribution in [0.15, 0.2) is 4.99 Å². The van der Waals surface area contributed by atoms with Gasteiger partial charge in [0.15, 0.2) is 0 Å². The Bertz CT molecular complexity index is 160. The van der Waals surface area contributed by atoms with Gasteiger partial charge in [-0.2, -0.15) is 0 Å². The fourth-order valence-electron chi connectivity index (χ4n) is 0.719. The van der Waals surface area contributed by atoms with Crippen molar-refractivity contribution < 1.29 is 4.21 Å². The molecule has 0 heterocycles. The first-order valence-corrected chi connectivity index (χ1v) is 5.74. The molecule has 0 radical (unpaired) electrons. The molecule has 0 spiro atoms. The van der Waals surface area contributed by atoms with Crippen LogP contribution in [0.3, 0.4) is 0 Å². The van der Waals surface area contributed by atoms with Crippen LogP contribution >= 0.6 is 12.2 Å². The summed E-state index contributed by atoms with van der Waals surface area (Å²) in [7, 11) is -0.640. The maximum absolute atomic E-state index is 10.6. The van der Waals surface area contributed by atoms with Crippen LogP contribution in [-0.2, 0) is 10.8 Å². The van der Waals surface area contributed by atoms with Crippen LogP contribution in [0.2, 0.25) is 0 Å². The molecule has 0 saturated carbocycles. The SMILES string of the molecule is C[S@@](=O)CCCCCN=C=S. The molecular formula is C7H13NOS2. The molecule has 0 bridgehead atoms. The summed E-state index contributed by atoms with van der Waals surface area (Å²) in [6.07, 6.45) is 4.87. The van der Waals surface area contributed by atoms with Gasteiger partial charge in [0.1, 0.15) is 0 Å². The second-order valence-electron chi connectivity index (χ2n) is 2.31. The van der Waals surface area contributed by atoms with Crippen LogP contribution in [0.4, 0.5) is 0 Å². The van der Waals surface area contributed by atoms with Gasteiger partial charge in [0.25, 0.3) is 0 Å². The number of aliphatic imine (C=N–C) groups is 1. The highest BCUT2D eigenvalue weighted by molar-refractivity contribution is 7.84.